The van der Waals surface area contributed by atoms with E-state index in [0.717, 1.165) is 0 Å². The van der Waals surface area contributed by atoms with Crippen molar-refractivity contribution in [2.24, 2.45) is 0 Å². The van der Waals surface area contributed by atoms with Gasteiger partial charge in [-0.25, -0.2) is 0 Å². The molecule has 0 bridgehead atoms. The lowest BCUT2D eigenvalue weighted by Gasteiger charge is -2.14. The molecule has 4 rings (SSSR count). The molecule has 1 heterocycles. The Balaban J connectivity index is 1.58. The molecule has 0 atom stereocenters. The Labute approximate surface area is 195 Å². The van der Waals surface area contributed by atoms with E-state index in [-0.39, 0.29) is 11.3 Å². The second-order valence-corrected chi connectivity index (χ2v) is 7.28. The van der Waals surface area contributed by atoms with Crippen molar-refractivity contribution in [2.75, 3.05) is 33.8 Å². The zero-order valence-corrected chi connectivity index (χ0v) is 19.1. The molecule has 4 aromatic rings. The maximum Gasteiger partial charge on any atom is 0.255 e. The number of nitrogens with one attached hydrogen (secondary N) is 1. The first-order valence-electron chi connectivity index (χ1n) is 10.3. The minimum absolute atomic E-state index is 0.171. The highest BCUT2D eigenvalue weighted by Crippen LogP contribution is 2.38. The van der Waals surface area contributed by atoms with Crippen LogP contribution in [0, 0.1) is 0 Å². The number of hydrogen-bond donors (Lipinski definition) is 1. The monoisotopic (exact) mass is 461 g/mol. The summed E-state index contributed by atoms with van der Waals surface area (Å²) in [6.45, 7) is 0. The predicted molar refractivity (Wildman–Crippen MR) is 129 cm³/mol. The summed E-state index contributed by atoms with van der Waals surface area (Å²) >= 11 is 0. The van der Waals surface area contributed by atoms with Crippen LogP contribution in [-0.2, 0) is 0 Å². The van der Waals surface area contributed by atoms with E-state index in [1.165, 1.54) is 27.4 Å². The minimum Gasteiger partial charge on any atom is -0.497 e. The molecule has 8 nitrogen and oxygen atoms in total. The van der Waals surface area contributed by atoms with Gasteiger partial charge in [0.15, 0.2) is 16.9 Å². The molecule has 0 unspecified atom stereocenters. The summed E-state index contributed by atoms with van der Waals surface area (Å²) in [7, 11) is 6.01. The van der Waals surface area contributed by atoms with Crippen LogP contribution in [0.1, 0.15) is 10.4 Å². The number of fused-ring (bicyclic) bond motifs is 1. The molecule has 1 aromatic heterocycles. The number of hydrogen-bond acceptors (Lipinski definition) is 7. The van der Waals surface area contributed by atoms with Gasteiger partial charge in [-0.3, -0.25) is 9.59 Å². The smallest absolute Gasteiger partial charge is 0.255 e. The molecule has 0 aliphatic heterocycles. The van der Waals surface area contributed by atoms with Gasteiger partial charge in [0.1, 0.15) is 17.1 Å². The van der Waals surface area contributed by atoms with Gasteiger partial charge in [-0.1, -0.05) is 0 Å². The average Bonchev–Trinajstić information content (AvgIpc) is 2.87. The van der Waals surface area contributed by atoms with Crippen LogP contribution in [0.15, 0.2) is 69.9 Å². The van der Waals surface area contributed by atoms with Gasteiger partial charge >= 0.3 is 0 Å². The SMILES string of the molecule is COc1ccc2oc(-c3ccc(NC(=O)c4cc(OC)c(OC)c(OC)c4)cc3)cc(=O)c2c1. The highest BCUT2D eigenvalue weighted by atomic mass is 16.5. The van der Waals surface area contributed by atoms with Gasteiger partial charge in [-0.15, -0.1) is 0 Å². The van der Waals surface area contributed by atoms with Crippen LogP contribution in [0.3, 0.4) is 0 Å². The molecular formula is C26H23NO7. The van der Waals surface area contributed by atoms with Crippen molar-refractivity contribution >= 4 is 22.6 Å². The first-order valence-corrected chi connectivity index (χ1v) is 10.3. The quantitative estimate of drug-likeness (QED) is 0.424. The fraction of sp³-hybridized carbons (Fsp3) is 0.154. The molecule has 0 aliphatic rings. The molecule has 1 amide bonds. The number of benzene rings is 3. The van der Waals surface area contributed by atoms with E-state index >= 15 is 0 Å². The molecule has 3 aromatic carbocycles. The summed E-state index contributed by atoms with van der Waals surface area (Å²) in [5.41, 5.74) is 1.89. The van der Waals surface area contributed by atoms with E-state index in [0.29, 0.717) is 56.5 Å². The van der Waals surface area contributed by atoms with Crippen LogP contribution in [0.5, 0.6) is 23.0 Å². The van der Waals surface area contributed by atoms with E-state index in [2.05, 4.69) is 5.32 Å². The van der Waals surface area contributed by atoms with Crippen LogP contribution >= 0.6 is 0 Å². The number of carbonyl (C=O) groups is 1. The molecule has 0 fully saturated rings. The minimum atomic E-state index is -0.349. The van der Waals surface area contributed by atoms with E-state index < -0.39 is 0 Å². The topological polar surface area (TPSA) is 96.2 Å². The van der Waals surface area contributed by atoms with Crippen LogP contribution in [-0.4, -0.2) is 34.3 Å². The van der Waals surface area contributed by atoms with Crippen molar-refractivity contribution in [3.05, 3.63) is 76.5 Å². The fourth-order valence-corrected chi connectivity index (χ4v) is 3.54. The number of carbonyl (C=O) groups excluding carboxylic acids is 1. The van der Waals surface area contributed by atoms with Gasteiger partial charge in [-0.2, -0.15) is 0 Å². The Morgan fingerprint density at radius 2 is 1.47 bits per heavy atom. The standard InChI is InChI=1S/C26H23NO7/c1-30-18-9-10-21-19(13-18)20(28)14-22(34-21)15-5-7-17(8-6-15)27-26(29)16-11-23(31-2)25(33-4)24(12-16)32-3/h5-14H,1-4H3,(H,27,29). The van der Waals surface area contributed by atoms with Gasteiger partial charge in [0.2, 0.25) is 5.75 Å². The zero-order valence-electron chi connectivity index (χ0n) is 19.1. The van der Waals surface area contributed by atoms with Gasteiger partial charge in [0.05, 0.1) is 33.8 Å². The number of anilines is 1. The summed E-state index contributed by atoms with van der Waals surface area (Å²) in [5.74, 6) is 1.82. The van der Waals surface area contributed by atoms with Crippen LogP contribution in [0.2, 0.25) is 0 Å². The molecule has 174 valence electrons. The van der Waals surface area contributed by atoms with E-state index in [1.807, 2.05) is 0 Å². The van der Waals surface area contributed by atoms with Crippen molar-refractivity contribution in [3.63, 3.8) is 0 Å². The Hall–Kier alpha value is -4.46. The molecule has 0 saturated carbocycles. The maximum absolute atomic E-state index is 12.8. The van der Waals surface area contributed by atoms with Crippen molar-refractivity contribution in [1.82, 2.24) is 0 Å². The van der Waals surface area contributed by atoms with Crippen molar-refractivity contribution < 1.29 is 28.2 Å². The second kappa shape index (κ2) is 9.58. The van der Waals surface area contributed by atoms with Crippen molar-refractivity contribution in [3.8, 4) is 34.3 Å². The lowest BCUT2D eigenvalue weighted by molar-refractivity contribution is 0.102. The van der Waals surface area contributed by atoms with E-state index in [4.69, 9.17) is 23.4 Å². The average molecular weight is 461 g/mol. The first-order chi connectivity index (χ1) is 16.5. The lowest BCUT2D eigenvalue weighted by Crippen LogP contribution is -2.12. The van der Waals surface area contributed by atoms with E-state index in [1.54, 1.807) is 61.7 Å². The third kappa shape index (κ3) is 4.38. The number of rotatable bonds is 7. The summed E-state index contributed by atoms with van der Waals surface area (Å²) in [6.07, 6.45) is 0. The molecule has 8 heteroatoms. The largest absolute Gasteiger partial charge is 0.497 e. The third-order valence-electron chi connectivity index (χ3n) is 5.29. The van der Waals surface area contributed by atoms with Gasteiger partial charge in [0.25, 0.3) is 5.91 Å². The summed E-state index contributed by atoms with van der Waals surface area (Å²) in [5, 5.41) is 3.28. The van der Waals surface area contributed by atoms with Gasteiger partial charge in [-0.05, 0) is 54.6 Å². The van der Waals surface area contributed by atoms with Gasteiger partial charge in [0, 0.05) is 22.9 Å². The normalized spacial score (nSPS) is 10.6. The predicted octanol–water partition coefficient (Wildman–Crippen LogP) is 4.75. The molecule has 0 saturated heterocycles. The van der Waals surface area contributed by atoms with Crippen LogP contribution in [0.25, 0.3) is 22.3 Å². The Kier molecular flexibility index (Phi) is 6.40. The molecule has 0 spiro atoms. The maximum atomic E-state index is 12.8. The molecule has 0 radical (unpaired) electrons. The lowest BCUT2D eigenvalue weighted by atomic mass is 10.1. The van der Waals surface area contributed by atoms with E-state index in [9.17, 15) is 9.59 Å². The third-order valence-corrected chi connectivity index (χ3v) is 5.29. The second-order valence-electron chi connectivity index (χ2n) is 7.28. The number of amides is 1. The van der Waals surface area contributed by atoms with Gasteiger partial charge < -0.3 is 28.7 Å². The zero-order chi connectivity index (χ0) is 24.2. The van der Waals surface area contributed by atoms with Crippen LogP contribution < -0.4 is 29.7 Å². The van der Waals surface area contributed by atoms with Crippen LogP contribution in [0.4, 0.5) is 5.69 Å². The Bertz CT molecular complexity index is 1380. The van der Waals surface area contributed by atoms with Crippen molar-refractivity contribution in [2.45, 2.75) is 0 Å². The fourth-order valence-electron chi connectivity index (χ4n) is 3.54. The molecule has 1 N–H and O–H groups in total. The first kappa shape index (κ1) is 22.7. The summed E-state index contributed by atoms with van der Waals surface area (Å²) in [6, 6.07) is 16.6. The van der Waals surface area contributed by atoms with Crippen molar-refractivity contribution in [1.29, 1.82) is 0 Å². The number of ether oxygens (including phenoxy) is 4. The molecular weight excluding hydrogens is 438 g/mol. The highest BCUT2D eigenvalue weighted by Gasteiger charge is 2.17. The summed E-state index contributed by atoms with van der Waals surface area (Å²) < 4.78 is 27.0. The highest BCUT2D eigenvalue weighted by molar-refractivity contribution is 6.05. The summed E-state index contributed by atoms with van der Waals surface area (Å²) in [4.78, 5) is 25.4. The number of methoxy groups -OCH3 is 4. The Morgan fingerprint density at radius 3 is 2.06 bits per heavy atom. The molecule has 0 aliphatic carbocycles. The Morgan fingerprint density at radius 1 is 0.794 bits per heavy atom. The molecule has 34 heavy (non-hydrogen) atoms.